The van der Waals surface area contributed by atoms with Crippen LogP contribution in [-0.4, -0.2) is 22.6 Å². The van der Waals surface area contributed by atoms with E-state index in [4.69, 9.17) is 0 Å². The fourth-order valence-electron chi connectivity index (χ4n) is 1.04. The molecule has 1 aromatic rings. The van der Waals surface area contributed by atoms with E-state index in [0.717, 1.165) is 22.9 Å². The Morgan fingerprint density at radius 2 is 2.33 bits per heavy atom. The zero-order chi connectivity index (χ0) is 11.1. The minimum absolute atomic E-state index is 0.217. The fourth-order valence-corrected chi connectivity index (χ4v) is 1.79. The molecule has 0 saturated carbocycles. The summed E-state index contributed by atoms with van der Waals surface area (Å²) in [4.78, 5) is 10.9. The van der Waals surface area contributed by atoms with E-state index in [1.165, 1.54) is 0 Å². The van der Waals surface area contributed by atoms with Crippen molar-refractivity contribution in [2.24, 2.45) is 0 Å². The molecule has 0 saturated heterocycles. The molecule has 5 heteroatoms. The van der Waals surface area contributed by atoms with E-state index in [1.54, 1.807) is 18.3 Å². The van der Waals surface area contributed by atoms with Crippen LogP contribution in [0.4, 0.5) is 0 Å². The van der Waals surface area contributed by atoms with Crippen molar-refractivity contribution >= 4 is 17.2 Å². The highest BCUT2D eigenvalue weighted by atomic mass is 32.1. The van der Waals surface area contributed by atoms with E-state index in [2.05, 4.69) is 27.4 Å². The van der Waals surface area contributed by atoms with E-state index in [9.17, 15) is 4.79 Å². The van der Waals surface area contributed by atoms with Gasteiger partial charge in [-0.2, -0.15) is 0 Å². The largest absolute Gasteiger partial charge is 0.345 e. The fraction of sp³-hybridized carbons (Fsp3) is 0.500. The van der Waals surface area contributed by atoms with Crippen molar-refractivity contribution in [3.05, 3.63) is 10.0 Å². The second-order valence-electron chi connectivity index (χ2n) is 2.95. The standard InChI is InChI=1S/C10H13N3OS/c1-3-5-9(14)11-7-4-6-10-13-12-8(2)15-10/h4,6-7H2,1-2H3,(H,11,14). The lowest BCUT2D eigenvalue weighted by Crippen LogP contribution is -2.22. The number of nitrogens with zero attached hydrogens (tertiary/aromatic N) is 2. The highest BCUT2D eigenvalue weighted by Gasteiger charge is 2.00. The highest BCUT2D eigenvalue weighted by molar-refractivity contribution is 7.11. The summed E-state index contributed by atoms with van der Waals surface area (Å²) >= 11 is 1.59. The molecule has 0 bridgehead atoms. The molecule has 1 heterocycles. The van der Waals surface area contributed by atoms with Crippen LogP contribution in [0, 0.1) is 18.8 Å². The van der Waals surface area contributed by atoms with E-state index in [0.29, 0.717) is 6.54 Å². The molecule has 1 amide bonds. The number of carbonyl (C=O) groups excluding carboxylic acids is 1. The number of amides is 1. The Balaban J connectivity index is 2.16. The smallest absolute Gasteiger partial charge is 0.295 e. The molecule has 1 aromatic heterocycles. The van der Waals surface area contributed by atoms with E-state index in [-0.39, 0.29) is 5.91 Å². The van der Waals surface area contributed by atoms with Gasteiger partial charge in [-0.15, -0.1) is 21.5 Å². The average molecular weight is 223 g/mol. The van der Waals surface area contributed by atoms with Crippen molar-refractivity contribution in [3.63, 3.8) is 0 Å². The summed E-state index contributed by atoms with van der Waals surface area (Å²) in [7, 11) is 0. The summed E-state index contributed by atoms with van der Waals surface area (Å²) in [5, 5.41) is 12.6. The van der Waals surface area contributed by atoms with Crippen LogP contribution in [0.15, 0.2) is 0 Å². The zero-order valence-corrected chi connectivity index (χ0v) is 9.65. The lowest BCUT2D eigenvalue weighted by Gasteiger charge is -1.98. The summed E-state index contributed by atoms with van der Waals surface area (Å²) in [5.41, 5.74) is 0. The van der Waals surface area contributed by atoms with Crippen LogP contribution in [-0.2, 0) is 11.2 Å². The number of aromatic nitrogens is 2. The van der Waals surface area contributed by atoms with E-state index in [1.807, 2.05) is 6.92 Å². The second kappa shape index (κ2) is 6.14. The molecule has 80 valence electrons. The minimum Gasteiger partial charge on any atom is -0.345 e. The van der Waals surface area contributed by atoms with Gasteiger partial charge in [-0.05, 0) is 26.2 Å². The van der Waals surface area contributed by atoms with Crippen LogP contribution in [0.2, 0.25) is 0 Å². The maximum Gasteiger partial charge on any atom is 0.295 e. The molecule has 0 aliphatic heterocycles. The number of hydrogen-bond donors (Lipinski definition) is 1. The number of nitrogens with one attached hydrogen (secondary N) is 1. The van der Waals surface area contributed by atoms with Gasteiger partial charge in [0.15, 0.2) is 0 Å². The van der Waals surface area contributed by atoms with Gasteiger partial charge >= 0.3 is 0 Å². The molecular weight excluding hydrogens is 210 g/mol. The molecule has 0 radical (unpaired) electrons. The number of hydrogen-bond acceptors (Lipinski definition) is 4. The first-order valence-corrected chi connectivity index (χ1v) is 5.53. The average Bonchev–Trinajstić information content (AvgIpc) is 2.60. The van der Waals surface area contributed by atoms with Crippen LogP contribution in [0.5, 0.6) is 0 Å². The minimum atomic E-state index is -0.217. The summed E-state index contributed by atoms with van der Waals surface area (Å²) in [5.74, 6) is 4.75. The van der Waals surface area contributed by atoms with Gasteiger partial charge in [-0.3, -0.25) is 4.79 Å². The lowest BCUT2D eigenvalue weighted by atomic mass is 10.3. The third kappa shape index (κ3) is 4.56. The Hall–Kier alpha value is -1.41. The molecule has 0 aromatic carbocycles. The molecule has 4 nitrogen and oxygen atoms in total. The number of carbonyl (C=O) groups is 1. The second-order valence-corrected chi connectivity index (χ2v) is 4.22. The first-order valence-electron chi connectivity index (χ1n) is 4.72. The Kier molecular flexibility index (Phi) is 4.78. The Morgan fingerprint density at radius 1 is 1.53 bits per heavy atom. The van der Waals surface area contributed by atoms with Crippen LogP contribution >= 0.6 is 11.3 Å². The predicted octanol–water partition coefficient (Wildman–Crippen LogP) is 0.919. The maximum atomic E-state index is 10.9. The van der Waals surface area contributed by atoms with Crippen molar-refractivity contribution in [1.29, 1.82) is 0 Å². The zero-order valence-electron chi connectivity index (χ0n) is 8.83. The molecule has 0 aliphatic rings. The molecule has 0 spiro atoms. The van der Waals surface area contributed by atoms with Crippen molar-refractivity contribution in [2.45, 2.75) is 26.7 Å². The summed E-state index contributed by atoms with van der Waals surface area (Å²) < 4.78 is 0. The third-order valence-electron chi connectivity index (χ3n) is 1.66. The molecule has 1 N–H and O–H groups in total. The first kappa shape index (κ1) is 11.7. The molecule has 1 rings (SSSR count). The highest BCUT2D eigenvalue weighted by Crippen LogP contribution is 2.09. The molecule has 0 atom stereocenters. The van der Waals surface area contributed by atoms with Gasteiger partial charge in [0.1, 0.15) is 10.0 Å². The van der Waals surface area contributed by atoms with Gasteiger partial charge in [0.25, 0.3) is 5.91 Å². The number of aryl methyl sites for hydroxylation is 2. The first-order chi connectivity index (χ1) is 7.22. The van der Waals surface area contributed by atoms with E-state index < -0.39 is 0 Å². The molecule has 15 heavy (non-hydrogen) atoms. The topological polar surface area (TPSA) is 54.9 Å². The lowest BCUT2D eigenvalue weighted by molar-refractivity contribution is -0.115. The van der Waals surface area contributed by atoms with Crippen molar-refractivity contribution < 1.29 is 4.79 Å². The van der Waals surface area contributed by atoms with Crippen LogP contribution < -0.4 is 5.32 Å². The SMILES string of the molecule is CC#CC(=O)NCCCc1nnc(C)s1. The number of rotatable bonds is 4. The quantitative estimate of drug-likeness (QED) is 0.610. The van der Waals surface area contributed by atoms with Gasteiger partial charge in [-0.25, -0.2) is 0 Å². The van der Waals surface area contributed by atoms with Crippen LogP contribution in [0.1, 0.15) is 23.4 Å². The van der Waals surface area contributed by atoms with Gasteiger partial charge in [0.2, 0.25) is 0 Å². The molecular formula is C10H13N3OS. The van der Waals surface area contributed by atoms with Gasteiger partial charge in [-0.1, -0.05) is 5.92 Å². The van der Waals surface area contributed by atoms with Crippen LogP contribution in [0.25, 0.3) is 0 Å². The maximum absolute atomic E-state index is 10.9. The Bertz CT molecular complexity index is 389. The van der Waals surface area contributed by atoms with Crippen molar-refractivity contribution in [2.75, 3.05) is 6.54 Å². The van der Waals surface area contributed by atoms with Gasteiger partial charge in [0.05, 0.1) is 0 Å². The Labute approximate surface area is 93.1 Å². The summed E-state index contributed by atoms with van der Waals surface area (Å²) in [6.45, 7) is 4.20. The predicted molar refractivity (Wildman–Crippen MR) is 59.4 cm³/mol. The van der Waals surface area contributed by atoms with Gasteiger partial charge in [0, 0.05) is 13.0 Å². The van der Waals surface area contributed by atoms with Crippen LogP contribution in [0.3, 0.4) is 0 Å². The summed E-state index contributed by atoms with van der Waals surface area (Å²) in [6.07, 6.45) is 1.72. The normalized spacial score (nSPS) is 9.20. The van der Waals surface area contributed by atoms with E-state index >= 15 is 0 Å². The van der Waals surface area contributed by atoms with Crippen molar-refractivity contribution in [3.8, 4) is 11.8 Å². The van der Waals surface area contributed by atoms with Crippen molar-refractivity contribution in [1.82, 2.24) is 15.5 Å². The molecule has 0 aliphatic carbocycles. The molecule has 0 unspecified atom stereocenters. The monoisotopic (exact) mass is 223 g/mol. The Morgan fingerprint density at radius 3 is 2.93 bits per heavy atom. The summed E-state index contributed by atoms with van der Waals surface area (Å²) in [6, 6.07) is 0. The third-order valence-corrected chi connectivity index (χ3v) is 2.56. The van der Waals surface area contributed by atoms with Gasteiger partial charge < -0.3 is 5.32 Å². The molecule has 0 fully saturated rings.